The van der Waals surface area contributed by atoms with E-state index in [1.165, 1.54) is 24.3 Å². The van der Waals surface area contributed by atoms with Gasteiger partial charge in [0.05, 0.1) is 0 Å². The van der Waals surface area contributed by atoms with Crippen LogP contribution in [0.3, 0.4) is 0 Å². The molecule has 7 heteroatoms. The molecule has 19 heavy (non-hydrogen) atoms. The van der Waals surface area contributed by atoms with Crippen LogP contribution in [-0.4, -0.2) is 34.8 Å². The maximum absolute atomic E-state index is 12.4. The summed E-state index contributed by atoms with van der Waals surface area (Å²) in [5.74, 6) is -0.625. The summed E-state index contributed by atoms with van der Waals surface area (Å²) < 4.78 is 29.4. The second-order valence-corrected chi connectivity index (χ2v) is 4.11. The van der Waals surface area contributed by atoms with Crippen molar-refractivity contribution >= 4 is 12.1 Å². The van der Waals surface area contributed by atoms with Crippen LogP contribution in [0.1, 0.15) is 17.6 Å². The lowest BCUT2D eigenvalue weighted by Crippen LogP contribution is -2.38. The van der Waals surface area contributed by atoms with Crippen molar-refractivity contribution in [2.45, 2.75) is 18.9 Å². The van der Waals surface area contributed by atoms with Crippen molar-refractivity contribution in [3.8, 4) is 0 Å². The molecule has 1 N–H and O–H groups in total. The summed E-state index contributed by atoms with van der Waals surface area (Å²) in [7, 11) is 0. The lowest BCUT2D eigenvalue weighted by atomic mass is 10.0. The number of carboxylic acid groups (broad SMARTS) is 1. The molecule has 2 rings (SSSR count). The van der Waals surface area contributed by atoms with Gasteiger partial charge < -0.3 is 9.84 Å². The second kappa shape index (κ2) is 5.21. The number of amides is 1. The van der Waals surface area contributed by atoms with Crippen LogP contribution in [0.5, 0.6) is 0 Å². The first kappa shape index (κ1) is 13.3. The Morgan fingerprint density at radius 1 is 1.42 bits per heavy atom. The Kier molecular flexibility index (Phi) is 3.64. The molecule has 1 amide bonds. The second-order valence-electron chi connectivity index (χ2n) is 4.11. The minimum absolute atomic E-state index is 0.106. The van der Waals surface area contributed by atoms with Crippen LogP contribution in [0.4, 0.5) is 13.6 Å². The zero-order valence-electron chi connectivity index (χ0n) is 9.75. The third-order valence-corrected chi connectivity index (χ3v) is 2.90. The predicted octanol–water partition coefficient (Wildman–Crippen LogP) is 2.03. The predicted molar refractivity (Wildman–Crippen MR) is 59.7 cm³/mol. The van der Waals surface area contributed by atoms with Gasteiger partial charge in [0.1, 0.15) is 6.04 Å². The molecule has 102 valence electrons. The average Bonchev–Trinajstić information content (AvgIpc) is 2.72. The summed E-state index contributed by atoms with van der Waals surface area (Å²) in [5.41, 5.74) is 0.479. The van der Waals surface area contributed by atoms with E-state index < -0.39 is 24.5 Å². The number of cyclic esters (lactones) is 1. The van der Waals surface area contributed by atoms with Crippen molar-refractivity contribution in [1.82, 2.24) is 4.90 Å². The average molecular weight is 271 g/mol. The van der Waals surface area contributed by atoms with Gasteiger partial charge in [-0.25, -0.2) is 18.4 Å². The fourth-order valence-corrected chi connectivity index (χ4v) is 1.85. The lowest BCUT2D eigenvalue weighted by Gasteiger charge is -2.16. The highest BCUT2D eigenvalue weighted by molar-refractivity contribution is 5.83. The zero-order chi connectivity index (χ0) is 14.0. The van der Waals surface area contributed by atoms with E-state index in [1.54, 1.807) is 0 Å². The SMILES string of the molecule is O=C1OCN(C(=O)O)C1Cc1ccc(C(F)F)cc1. The number of carbonyl (C=O) groups is 2. The maximum atomic E-state index is 12.4. The van der Waals surface area contributed by atoms with E-state index in [4.69, 9.17) is 5.11 Å². The molecule has 5 nitrogen and oxygen atoms in total. The van der Waals surface area contributed by atoms with Gasteiger partial charge in [-0.1, -0.05) is 24.3 Å². The standard InChI is InChI=1S/C12H11F2NO4/c13-10(14)8-3-1-7(2-4-8)5-9-11(16)19-6-15(9)12(17)18/h1-4,9-10H,5-6H2,(H,17,18). The van der Waals surface area contributed by atoms with Crippen LogP contribution in [-0.2, 0) is 16.0 Å². The van der Waals surface area contributed by atoms with Crippen molar-refractivity contribution in [3.05, 3.63) is 35.4 Å². The first-order valence-corrected chi connectivity index (χ1v) is 5.52. The molecule has 0 aromatic heterocycles. The first-order chi connectivity index (χ1) is 8.99. The molecular formula is C12H11F2NO4. The number of halogens is 2. The van der Waals surface area contributed by atoms with Crippen LogP contribution >= 0.6 is 0 Å². The van der Waals surface area contributed by atoms with E-state index in [1.807, 2.05) is 0 Å². The maximum Gasteiger partial charge on any atom is 0.410 e. The molecule has 0 aliphatic carbocycles. The highest BCUT2D eigenvalue weighted by Gasteiger charge is 2.37. The fourth-order valence-electron chi connectivity index (χ4n) is 1.85. The van der Waals surface area contributed by atoms with Gasteiger partial charge in [0.15, 0.2) is 6.73 Å². The number of hydrogen-bond acceptors (Lipinski definition) is 3. The Morgan fingerprint density at radius 3 is 2.58 bits per heavy atom. The first-order valence-electron chi connectivity index (χ1n) is 5.52. The molecule has 1 unspecified atom stereocenters. The van der Waals surface area contributed by atoms with Crippen LogP contribution in [0, 0.1) is 0 Å². The van der Waals surface area contributed by atoms with Gasteiger partial charge in [0, 0.05) is 12.0 Å². The fraction of sp³-hybridized carbons (Fsp3) is 0.333. The van der Waals surface area contributed by atoms with Crippen molar-refractivity contribution in [2.24, 2.45) is 0 Å². The smallest absolute Gasteiger partial charge is 0.410 e. The van der Waals surface area contributed by atoms with Crippen molar-refractivity contribution in [2.75, 3.05) is 6.73 Å². The Labute approximate surface area is 107 Å². The highest BCUT2D eigenvalue weighted by Crippen LogP contribution is 2.21. The summed E-state index contributed by atoms with van der Waals surface area (Å²) in [5, 5.41) is 8.89. The van der Waals surface area contributed by atoms with Gasteiger partial charge in [0.25, 0.3) is 6.43 Å². The number of esters is 1. The van der Waals surface area contributed by atoms with E-state index >= 15 is 0 Å². The zero-order valence-corrected chi connectivity index (χ0v) is 9.75. The van der Waals surface area contributed by atoms with Gasteiger partial charge >= 0.3 is 12.1 Å². The number of alkyl halides is 2. The minimum atomic E-state index is -2.55. The summed E-state index contributed by atoms with van der Waals surface area (Å²) in [4.78, 5) is 23.2. The Hall–Kier alpha value is -2.18. The largest absolute Gasteiger partial charge is 0.465 e. The van der Waals surface area contributed by atoms with E-state index in [0.29, 0.717) is 5.56 Å². The molecule has 1 aliphatic heterocycles. The number of benzene rings is 1. The number of hydrogen-bond donors (Lipinski definition) is 1. The van der Waals surface area contributed by atoms with Gasteiger partial charge in [-0.3, -0.25) is 4.90 Å². The van der Waals surface area contributed by atoms with Gasteiger partial charge in [-0.05, 0) is 5.56 Å². The molecule has 1 heterocycles. The monoisotopic (exact) mass is 271 g/mol. The number of nitrogens with zero attached hydrogens (tertiary/aromatic N) is 1. The summed E-state index contributed by atoms with van der Waals surface area (Å²) in [6.45, 7) is -0.298. The van der Waals surface area contributed by atoms with Crippen LogP contribution < -0.4 is 0 Å². The van der Waals surface area contributed by atoms with Crippen LogP contribution in [0.2, 0.25) is 0 Å². The van der Waals surface area contributed by atoms with Crippen LogP contribution in [0.15, 0.2) is 24.3 Å². The lowest BCUT2D eigenvalue weighted by molar-refractivity contribution is -0.139. The normalized spacial score (nSPS) is 18.8. The van der Waals surface area contributed by atoms with Crippen molar-refractivity contribution in [3.63, 3.8) is 0 Å². The van der Waals surface area contributed by atoms with E-state index in [0.717, 1.165) is 4.90 Å². The molecule has 1 aromatic carbocycles. The molecular weight excluding hydrogens is 260 g/mol. The number of ether oxygens (including phenoxy) is 1. The minimum Gasteiger partial charge on any atom is -0.465 e. The van der Waals surface area contributed by atoms with Gasteiger partial charge in [0.2, 0.25) is 0 Å². The molecule has 1 aliphatic rings. The third-order valence-electron chi connectivity index (χ3n) is 2.90. The Bertz CT molecular complexity index is 489. The molecule has 1 saturated heterocycles. The molecule has 1 atom stereocenters. The molecule has 0 saturated carbocycles. The molecule has 1 aromatic rings. The van der Waals surface area contributed by atoms with E-state index in [9.17, 15) is 18.4 Å². The summed E-state index contributed by atoms with van der Waals surface area (Å²) in [6, 6.07) is 4.49. The Balaban J connectivity index is 2.11. The van der Waals surface area contributed by atoms with Gasteiger partial charge in [-0.15, -0.1) is 0 Å². The molecule has 0 bridgehead atoms. The molecule has 0 spiro atoms. The highest BCUT2D eigenvalue weighted by atomic mass is 19.3. The van der Waals surface area contributed by atoms with Crippen molar-refractivity contribution in [1.29, 1.82) is 0 Å². The topological polar surface area (TPSA) is 66.8 Å². The van der Waals surface area contributed by atoms with Crippen LogP contribution in [0.25, 0.3) is 0 Å². The molecule has 1 fully saturated rings. The van der Waals surface area contributed by atoms with Crippen molar-refractivity contribution < 1.29 is 28.2 Å². The quantitative estimate of drug-likeness (QED) is 0.854. The summed E-state index contributed by atoms with van der Waals surface area (Å²) >= 11 is 0. The number of rotatable bonds is 3. The van der Waals surface area contributed by atoms with Gasteiger partial charge in [-0.2, -0.15) is 0 Å². The summed E-state index contributed by atoms with van der Waals surface area (Å²) in [6.07, 6.45) is -3.70. The number of carbonyl (C=O) groups excluding carboxylic acids is 1. The molecule has 0 radical (unpaired) electrons. The Morgan fingerprint density at radius 2 is 2.05 bits per heavy atom. The van der Waals surface area contributed by atoms with E-state index in [-0.39, 0.29) is 18.7 Å². The van der Waals surface area contributed by atoms with E-state index in [2.05, 4.69) is 4.74 Å². The third kappa shape index (κ3) is 2.81.